The zero-order valence-electron chi connectivity index (χ0n) is 11.4. The monoisotopic (exact) mass is 266 g/mol. The summed E-state index contributed by atoms with van der Waals surface area (Å²) in [6.07, 6.45) is 2.10. The van der Waals surface area contributed by atoms with Crippen LogP contribution < -0.4 is 0 Å². The van der Waals surface area contributed by atoms with Crippen molar-refractivity contribution >= 4 is 17.7 Å². The number of ether oxygens (including phenoxy) is 1. The predicted octanol–water partition coefficient (Wildman–Crippen LogP) is 4.15. The smallest absolute Gasteiger partial charge is 0.309 e. The van der Waals surface area contributed by atoms with Crippen LogP contribution in [0.15, 0.2) is 35.2 Å². The molecule has 0 spiro atoms. The minimum Gasteiger partial charge on any atom is -0.466 e. The largest absolute Gasteiger partial charge is 0.466 e. The fraction of sp³-hybridized carbons (Fsp3) is 0.533. The first-order valence-corrected chi connectivity index (χ1v) is 7.45. The molecule has 0 saturated carbocycles. The Hall–Kier alpha value is -0.960. The van der Waals surface area contributed by atoms with Crippen LogP contribution >= 0.6 is 11.8 Å². The summed E-state index contributed by atoms with van der Waals surface area (Å²) in [5, 5.41) is 0.288. The molecule has 1 aromatic rings. The van der Waals surface area contributed by atoms with Crippen molar-refractivity contribution in [3.05, 3.63) is 30.3 Å². The van der Waals surface area contributed by atoms with Crippen LogP contribution in [0.1, 0.15) is 33.6 Å². The Morgan fingerprint density at radius 3 is 2.50 bits per heavy atom. The molecule has 2 atom stereocenters. The summed E-state index contributed by atoms with van der Waals surface area (Å²) < 4.78 is 5.12. The van der Waals surface area contributed by atoms with Gasteiger partial charge in [0.15, 0.2) is 0 Å². The molecule has 0 aromatic heterocycles. The third kappa shape index (κ3) is 4.73. The van der Waals surface area contributed by atoms with Crippen LogP contribution in [0, 0.1) is 5.92 Å². The van der Waals surface area contributed by atoms with Gasteiger partial charge >= 0.3 is 5.97 Å². The number of thioether (sulfide) groups is 1. The van der Waals surface area contributed by atoms with Gasteiger partial charge in [-0.2, -0.15) is 0 Å². The fourth-order valence-electron chi connectivity index (χ4n) is 1.79. The first kappa shape index (κ1) is 15.1. The minimum absolute atomic E-state index is 0.0601. The quantitative estimate of drug-likeness (QED) is 0.548. The molecule has 1 aromatic carbocycles. The van der Waals surface area contributed by atoms with E-state index >= 15 is 0 Å². The summed E-state index contributed by atoms with van der Waals surface area (Å²) in [6, 6.07) is 10.2. The second kappa shape index (κ2) is 8.20. The van der Waals surface area contributed by atoms with E-state index in [9.17, 15) is 4.79 Å². The third-order valence-electron chi connectivity index (χ3n) is 2.82. The lowest BCUT2D eigenvalue weighted by atomic mass is 10.0. The van der Waals surface area contributed by atoms with E-state index < -0.39 is 0 Å². The number of hydrogen-bond donors (Lipinski definition) is 0. The number of hydrogen-bond acceptors (Lipinski definition) is 3. The molecule has 0 aliphatic carbocycles. The maximum Gasteiger partial charge on any atom is 0.309 e. The molecule has 0 fully saturated rings. The summed E-state index contributed by atoms with van der Waals surface area (Å²) in [5.41, 5.74) is 0. The van der Waals surface area contributed by atoms with Gasteiger partial charge in [0.2, 0.25) is 0 Å². The Kier molecular flexibility index (Phi) is 6.88. The zero-order chi connectivity index (χ0) is 13.4. The Morgan fingerprint density at radius 1 is 1.28 bits per heavy atom. The van der Waals surface area contributed by atoms with E-state index in [0.29, 0.717) is 6.61 Å². The molecule has 2 nitrogen and oxygen atoms in total. The Bertz CT molecular complexity index is 351. The van der Waals surface area contributed by atoms with Gasteiger partial charge in [0.05, 0.1) is 12.5 Å². The van der Waals surface area contributed by atoms with Crippen molar-refractivity contribution in [2.45, 2.75) is 43.8 Å². The molecule has 3 heteroatoms. The van der Waals surface area contributed by atoms with E-state index in [-0.39, 0.29) is 17.1 Å². The molecule has 0 aliphatic rings. The fourth-order valence-corrected chi connectivity index (χ4v) is 3.13. The number of esters is 1. The average Bonchev–Trinajstić information content (AvgIpc) is 2.39. The van der Waals surface area contributed by atoms with E-state index in [1.54, 1.807) is 11.8 Å². The first-order valence-electron chi connectivity index (χ1n) is 6.57. The highest BCUT2D eigenvalue weighted by Crippen LogP contribution is 2.31. The second-order valence-corrected chi connectivity index (χ2v) is 5.61. The van der Waals surface area contributed by atoms with E-state index in [1.165, 1.54) is 4.90 Å². The first-order chi connectivity index (χ1) is 8.69. The van der Waals surface area contributed by atoms with Gasteiger partial charge in [0, 0.05) is 10.1 Å². The minimum atomic E-state index is -0.0839. The summed E-state index contributed by atoms with van der Waals surface area (Å²) in [6.45, 7) is 6.42. The molecule has 0 radical (unpaired) electrons. The Balaban J connectivity index is 2.67. The van der Waals surface area contributed by atoms with Crippen molar-refractivity contribution in [3.63, 3.8) is 0 Å². The number of rotatable bonds is 7. The molecule has 0 amide bonds. The van der Waals surface area contributed by atoms with Gasteiger partial charge in [-0.15, -0.1) is 11.8 Å². The lowest BCUT2D eigenvalue weighted by molar-refractivity contribution is -0.147. The number of carbonyl (C=O) groups is 1. The van der Waals surface area contributed by atoms with Gasteiger partial charge in [0.25, 0.3) is 0 Å². The zero-order valence-corrected chi connectivity index (χ0v) is 12.2. The van der Waals surface area contributed by atoms with E-state index in [1.807, 2.05) is 32.0 Å². The summed E-state index contributed by atoms with van der Waals surface area (Å²) in [5.74, 6) is -0.144. The van der Waals surface area contributed by atoms with E-state index in [4.69, 9.17) is 4.74 Å². The molecule has 0 bridgehead atoms. The van der Waals surface area contributed by atoms with Gasteiger partial charge in [0.1, 0.15) is 0 Å². The Labute approximate surface area is 114 Å². The van der Waals surface area contributed by atoms with Crippen molar-refractivity contribution in [1.29, 1.82) is 0 Å². The molecule has 18 heavy (non-hydrogen) atoms. The summed E-state index contributed by atoms with van der Waals surface area (Å²) >= 11 is 1.77. The molecule has 0 heterocycles. The maximum atomic E-state index is 11.8. The summed E-state index contributed by atoms with van der Waals surface area (Å²) in [7, 11) is 0. The highest BCUT2D eigenvalue weighted by Gasteiger charge is 2.25. The predicted molar refractivity (Wildman–Crippen MR) is 76.8 cm³/mol. The van der Waals surface area contributed by atoms with Crippen LogP contribution in [0.3, 0.4) is 0 Å². The van der Waals surface area contributed by atoms with Crippen LogP contribution in [-0.4, -0.2) is 17.8 Å². The third-order valence-corrected chi connectivity index (χ3v) is 4.31. The topological polar surface area (TPSA) is 26.3 Å². The van der Waals surface area contributed by atoms with Crippen molar-refractivity contribution in [2.75, 3.05) is 6.61 Å². The van der Waals surface area contributed by atoms with Crippen LogP contribution in [-0.2, 0) is 9.53 Å². The lowest BCUT2D eigenvalue weighted by Gasteiger charge is -2.21. The molecule has 100 valence electrons. The van der Waals surface area contributed by atoms with Gasteiger partial charge < -0.3 is 4.74 Å². The van der Waals surface area contributed by atoms with Gasteiger partial charge in [-0.05, 0) is 25.5 Å². The number of benzene rings is 1. The maximum absolute atomic E-state index is 11.8. The molecule has 0 N–H and O–H groups in total. The van der Waals surface area contributed by atoms with Gasteiger partial charge in [-0.1, -0.05) is 38.5 Å². The molecular weight excluding hydrogens is 244 g/mol. The molecule has 1 rings (SSSR count). The normalized spacial score (nSPS) is 13.9. The molecule has 0 unspecified atom stereocenters. The lowest BCUT2D eigenvalue weighted by Crippen LogP contribution is -2.25. The van der Waals surface area contributed by atoms with E-state index in [2.05, 4.69) is 19.1 Å². The average molecular weight is 266 g/mol. The highest BCUT2D eigenvalue weighted by molar-refractivity contribution is 8.00. The van der Waals surface area contributed by atoms with Gasteiger partial charge in [-0.25, -0.2) is 0 Å². The SMILES string of the molecule is CCC[C@H](Sc1ccccc1)[C@@H](C)C(=O)OCC. The van der Waals surface area contributed by atoms with Crippen LogP contribution in [0.2, 0.25) is 0 Å². The highest BCUT2D eigenvalue weighted by atomic mass is 32.2. The van der Waals surface area contributed by atoms with E-state index in [0.717, 1.165) is 12.8 Å². The van der Waals surface area contributed by atoms with Crippen LogP contribution in [0.25, 0.3) is 0 Å². The van der Waals surface area contributed by atoms with Crippen molar-refractivity contribution in [1.82, 2.24) is 0 Å². The van der Waals surface area contributed by atoms with Gasteiger partial charge in [-0.3, -0.25) is 4.79 Å². The summed E-state index contributed by atoms with van der Waals surface area (Å²) in [4.78, 5) is 13.0. The van der Waals surface area contributed by atoms with Crippen molar-refractivity contribution in [3.8, 4) is 0 Å². The van der Waals surface area contributed by atoms with Crippen LogP contribution in [0.5, 0.6) is 0 Å². The second-order valence-electron chi connectivity index (χ2n) is 4.30. The Morgan fingerprint density at radius 2 is 1.94 bits per heavy atom. The molecule has 0 aliphatic heterocycles. The molecule has 0 saturated heterocycles. The van der Waals surface area contributed by atoms with Crippen molar-refractivity contribution < 1.29 is 9.53 Å². The number of carbonyl (C=O) groups excluding carboxylic acids is 1. The molecular formula is C15H22O2S. The van der Waals surface area contributed by atoms with Crippen LogP contribution in [0.4, 0.5) is 0 Å². The standard InChI is InChI=1S/C15H22O2S/c1-4-9-14(12(3)15(16)17-5-2)18-13-10-7-6-8-11-13/h6-8,10-12,14H,4-5,9H2,1-3H3/t12-,14+/m1/s1. The van der Waals surface area contributed by atoms with Crippen molar-refractivity contribution in [2.24, 2.45) is 5.92 Å².